The Morgan fingerprint density at radius 3 is 2.90 bits per heavy atom. The molecule has 2 rings (SSSR count). The molecule has 0 aliphatic rings. The third kappa shape index (κ3) is 5.28. The highest BCUT2D eigenvalue weighted by molar-refractivity contribution is 7.13. The van der Waals surface area contributed by atoms with Gasteiger partial charge in [0, 0.05) is 37.6 Å². The quantitative estimate of drug-likeness (QED) is 0.763. The summed E-state index contributed by atoms with van der Waals surface area (Å²) in [6.45, 7) is 1.34. The Morgan fingerprint density at radius 2 is 2.14 bits per heavy atom. The van der Waals surface area contributed by atoms with Crippen LogP contribution in [0.15, 0.2) is 35.7 Å². The molecule has 0 saturated carbocycles. The summed E-state index contributed by atoms with van der Waals surface area (Å²) in [5, 5.41) is 5.92. The summed E-state index contributed by atoms with van der Waals surface area (Å²) in [5.41, 5.74) is 2.10. The van der Waals surface area contributed by atoms with E-state index in [1.54, 1.807) is 18.4 Å². The second-order valence-electron chi connectivity index (χ2n) is 4.71. The molecule has 1 aromatic carbocycles. The molecule has 1 N–H and O–H groups in total. The van der Waals surface area contributed by atoms with Gasteiger partial charge in [-0.1, -0.05) is 30.3 Å². The Balaban J connectivity index is 1.77. The van der Waals surface area contributed by atoms with E-state index in [0.29, 0.717) is 26.0 Å². The summed E-state index contributed by atoms with van der Waals surface area (Å²) < 4.78 is 4.94. The van der Waals surface area contributed by atoms with Gasteiger partial charge in [-0.3, -0.25) is 4.79 Å². The van der Waals surface area contributed by atoms with E-state index in [-0.39, 0.29) is 5.91 Å². The zero-order chi connectivity index (χ0) is 14.9. The van der Waals surface area contributed by atoms with Crippen molar-refractivity contribution < 1.29 is 9.53 Å². The summed E-state index contributed by atoms with van der Waals surface area (Å²) in [5.74, 6) is 0.0698. The molecule has 0 saturated heterocycles. The number of hydrogen-bond donors (Lipinski definition) is 1. The molecule has 4 nitrogen and oxygen atoms in total. The van der Waals surface area contributed by atoms with E-state index in [1.165, 1.54) is 0 Å². The molecule has 0 aliphatic carbocycles. The van der Waals surface area contributed by atoms with E-state index < -0.39 is 0 Å². The van der Waals surface area contributed by atoms with Gasteiger partial charge in [-0.25, -0.2) is 4.98 Å². The van der Waals surface area contributed by atoms with Crippen molar-refractivity contribution in [2.45, 2.75) is 19.3 Å². The lowest BCUT2D eigenvalue weighted by Gasteiger charge is -2.03. The van der Waals surface area contributed by atoms with Crippen LogP contribution < -0.4 is 5.32 Å². The van der Waals surface area contributed by atoms with E-state index in [2.05, 4.69) is 10.3 Å². The summed E-state index contributed by atoms with van der Waals surface area (Å²) in [7, 11) is 1.66. The molecule has 1 amide bonds. The van der Waals surface area contributed by atoms with Crippen molar-refractivity contribution in [3.63, 3.8) is 0 Å². The molecule has 112 valence electrons. The molecule has 5 heteroatoms. The van der Waals surface area contributed by atoms with Crippen molar-refractivity contribution in [3.8, 4) is 10.6 Å². The number of carbonyl (C=O) groups is 1. The minimum absolute atomic E-state index is 0.0698. The number of ether oxygens (including phenoxy) is 1. The minimum Gasteiger partial charge on any atom is -0.385 e. The predicted molar refractivity (Wildman–Crippen MR) is 85.4 cm³/mol. The third-order valence-electron chi connectivity index (χ3n) is 3.03. The van der Waals surface area contributed by atoms with E-state index in [1.807, 2.05) is 35.7 Å². The van der Waals surface area contributed by atoms with Crippen LogP contribution >= 0.6 is 11.3 Å². The van der Waals surface area contributed by atoms with Gasteiger partial charge in [-0.05, 0) is 12.8 Å². The van der Waals surface area contributed by atoms with Gasteiger partial charge in [0.1, 0.15) is 5.01 Å². The molecular formula is C16H20N2O2S. The minimum atomic E-state index is 0.0698. The van der Waals surface area contributed by atoms with Gasteiger partial charge in [-0.15, -0.1) is 11.3 Å². The average Bonchev–Trinajstić information content (AvgIpc) is 2.99. The number of amides is 1. The number of aryl methyl sites for hydroxylation is 1. The molecule has 0 fully saturated rings. The molecule has 0 radical (unpaired) electrons. The van der Waals surface area contributed by atoms with Gasteiger partial charge >= 0.3 is 0 Å². The predicted octanol–water partition coefficient (Wildman–Crippen LogP) is 2.90. The number of benzene rings is 1. The lowest BCUT2D eigenvalue weighted by atomic mass is 10.2. The Kier molecular flexibility index (Phi) is 6.37. The Hall–Kier alpha value is -1.72. The highest BCUT2D eigenvalue weighted by Gasteiger charge is 2.07. The first-order chi connectivity index (χ1) is 10.3. The summed E-state index contributed by atoms with van der Waals surface area (Å²) in [4.78, 5) is 16.3. The van der Waals surface area contributed by atoms with Crippen molar-refractivity contribution >= 4 is 17.2 Å². The first kappa shape index (κ1) is 15.7. The van der Waals surface area contributed by atoms with Crippen molar-refractivity contribution in [2.24, 2.45) is 0 Å². The lowest BCUT2D eigenvalue weighted by molar-refractivity contribution is -0.121. The second kappa shape index (κ2) is 8.54. The number of methoxy groups -OCH3 is 1. The maximum Gasteiger partial charge on any atom is 0.220 e. The van der Waals surface area contributed by atoms with Crippen molar-refractivity contribution in [2.75, 3.05) is 20.3 Å². The molecule has 1 aromatic heterocycles. The fourth-order valence-electron chi connectivity index (χ4n) is 1.91. The number of aromatic nitrogens is 1. The van der Waals surface area contributed by atoms with Gasteiger partial charge in [0.25, 0.3) is 0 Å². The highest BCUT2D eigenvalue weighted by atomic mass is 32.1. The summed E-state index contributed by atoms with van der Waals surface area (Å²) in [6.07, 6.45) is 2.00. The molecule has 0 aliphatic heterocycles. The maximum absolute atomic E-state index is 11.7. The van der Waals surface area contributed by atoms with Gasteiger partial charge in [-0.2, -0.15) is 0 Å². The second-order valence-corrected chi connectivity index (χ2v) is 5.56. The number of nitrogens with one attached hydrogen (secondary N) is 1. The van der Waals surface area contributed by atoms with Crippen LogP contribution in [0.3, 0.4) is 0 Å². The van der Waals surface area contributed by atoms with Gasteiger partial charge in [0.2, 0.25) is 5.91 Å². The first-order valence-electron chi connectivity index (χ1n) is 7.05. The molecule has 0 atom stereocenters. The van der Waals surface area contributed by atoms with Gasteiger partial charge in [0.05, 0.1) is 5.69 Å². The van der Waals surface area contributed by atoms with Crippen LogP contribution in [0, 0.1) is 0 Å². The molecule has 2 aromatic rings. The number of hydrogen-bond acceptors (Lipinski definition) is 4. The largest absolute Gasteiger partial charge is 0.385 e. The topological polar surface area (TPSA) is 51.2 Å². The van der Waals surface area contributed by atoms with E-state index >= 15 is 0 Å². The van der Waals surface area contributed by atoms with E-state index in [0.717, 1.165) is 22.7 Å². The molecule has 21 heavy (non-hydrogen) atoms. The monoisotopic (exact) mass is 304 g/mol. The molecule has 1 heterocycles. The molecular weight excluding hydrogens is 284 g/mol. The van der Waals surface area contributed by atoms with Gasteiger partial charge in [0.15, 0.2) is 0 Å². The standard InChI is InChI=1S/C16H20N2O2S/c1-20-11-5-10-17-15(19)9-8-14-12-21-16(18-14)13-6-3-2-4-7-13/h2-4,6-7,12H,5,8-11H2,1H3,(H,17,19). The van der Waals surface area contributed by atoms with Crippen molar-refractivity contribution in [3.05, 3.63) is 41.4 Å². The van der Waals surface area contributed by atoms with Crippen LogP contribution in [0.4, 0.5) is 0 Å². The lowest BCUT2D eigenvalue weighted by Crippen LogP contribution is -2.25. The third-order valence-corrected chi connectivity index (χ3v) is 3.97. The molecule has 0 unspecified atom stereocenters. The van der Waals surface area contributed by atoms with Crippen molar-refractivity contribution in [1.82, 2.24) is 10.3 Å². The Morgan fingerprint density at radius 1 is 1.33 bits per heavy atom. The Labute approximate surface area is 129 Å². The molecule has 0 spiro atoms. The zero-order valence-corrected chi connectivity index (χ0v) is 13.0. The Bertz CT molecular complexity index is 554. The normalized spacial score (nSPS) is 10.5. The fraction of sp³-hybridized carbons (Fsp3) is 0.375. The van der Waals surface area contributed by atoms with Crippen LogP contribution in [0.5, 0.6) is 0 Å². The zero-order valence-electron chi connectivity index (χ0n) is 12.2. The van der Waals surface area contributed by atoms with Crippen LogP contribution in [0.1, 0.15) is 18.5 Å². The van der Waals surface area contributed by atoms with Gasteiger partial charge < -0.3 is 10.1 Å². The number of nitrogens with zero attached hydrogens (tertiary/aromatic N) is 1. The number of carbonyl (C=O) groups excluding carboxylic acids is 1. The smallest absolute Gasteiger partial charge is 0.220 e. The molecule has 0 bridgehead atoms. The highest BCUT2D eigenvalue weighted by Crippen LogP contribution is 2.23. The fourth-order valence-corrected chi connectivity index (χ4v) is 2.77. The summed E-state index contributed by atoms with van der Waals surface area (Å²) in [6, 6.07) is 10.1. The number of thiazole rings is 1. The summed E-state index contributed by atoms with van der Waals surface area (Å²) >= 11 is 1.62. The van der Waals surface area contributed by atoms with Crippen LogP contribution in [0.25, 0.3) is 10.6 Å². The van der Waals surface area contributed by atoms with Crippen LogP contribution in [-0.2, 0) is 16.0 Å². The number of rotatable bonds is 8. The van der Waals surface area contributed by atoms with E-state index in [4.69, 9.17) is 4.74 Å². The van der Waals surface area contributed by atoms with E-state index in [9.17, 15) is 4.79 Å². The maximum atomic E-state index is 11.7. The van der Waals surface area contributed by atoms with Crippen molar-refractivity contribution in [1.29, 1.82) is 0 Å². The van der Waals surface area contributed by atoms with Crippen LogP contribution in [-0.4, -0.2) is 31.2 Å². The SMILES string of the molecule is COCCCNC(=O)CCc1csc(-c2ccccc2)n1. The average molecular weight is 304 g/mol. The van der Waals surface area contributed by atoms with Crippen LogP contribution in [0.2, 0.25) is 0 Å². The first-order valence-corrected chi connectivity index (χ1v) is 7.93.